The largest absolute Gasteiger partial charge is 0.478 e. The summed E-state index contributed by atoms with van der Waals surface area (Å²) in [6.07, 6.45) is 2.27. The Bertz CT molecular complexity index is 426. The third-order valence-electron chi connectivity index (χ3n) is 1.65. The summed E-state index contributed by atoms with van der Waals surface area (Å²) in [5, 5.41) is 8.43. The molecule has 5 heteroatoms. The van der Waals surface area contributed by atoms with Gasteiger partial charge in [-0.15, -0.1) is 0 Å². The van der Waals surface area contributed by atoms with Crippen molar-refractivity contribution in [1.82, 2.24) is 4.98 Å². The summed E-state index contributed by atoms with van der Waals surface area (Å²) in [7, 11) is 0. The number of carboxylic acids is 1. The Hall–Kier alpha value is -2.17. The van der Waals surface area contributed by atoms with Gasteiger partial charge in [-0.3, -0.25) is 0 Å². The number of hydrogen-bond donors (Lipinski definition) is 1. The van der Waals surface area contributed by atoms with Crippen LogP contribution in [0.2, 0.25) is 0 Å². The lowest BCUT2D eigenvalue weighted by molar-refractivity contribution is -0.131. The van der Waals surface area contributed by atoms with Crippen LogP contribution in [0.3, 0.4) is 0 Å². The third kappa shape index (κ3) is 3.53. The van der Waals surface area contributed by atoms with Crippen LogP contribution in [0.5, 0.6) is 0 Å². The van der Waals surface area contributed by atoms with E-state index in [1.807, 2.05) is 0 Å². The number of pyridine rings is 1. The fourth-order valence-electron chi connectivity index (χ4n) is 1.02. The lowest BCUT2D eigenvalue weighted by Crippen LogP contribution is -2.07. The highest BCUT2D eigenvalue weighted by atomic mass is 16.5. The Kier molecular flexibility index (Phi) is 4.20. The lowest BCUT2D eigenvalue weighted by Gasteiger charge is -2.01. The molecule has 0 amide bonds. The molecule has 0 aliphatic rings. The predicted octanol–water partition coefficient (Wildman–Crippen LogP) is 1.36. The predicted molar refractivity (Wildman–Crippen MR) is 56.9 cm³/mol. The lowest BCUT2D eigenvalue weighted by atomic mass is 10.3. The molecule has 0 fully saturated rings. The first-order chi connectivity index (χ1) is 7.63. The minimum Gasteiger partial charge on any atom is -0.478 e. The van der Waals surface area contributed by atoms with E-state index in [1.54, 1.807) is 19.1 Å². The highest BCUT2D eigenvalue weighted by Gasteiger charge is 2.07. The smallest absolute Gasteiger partial charge is 0.356 e. The van der Waals surface area contributed by atoms with Gasteiger partial charge < -0.3 is 9.84 Å². The van der Waals surface area contributed by atoms with Crippen molar-refractivity contribution < 1.29 is 19.4 Å². The van der Waals surface area contributed by atoms with Crippen LogP contribution in [0.15, 0.2) is 24.3 Å². The van der Waals surface area contributed by atoms with Crippen molar-refractivity contribution in [1.29, 1.82) is 0 Å². The Morgan fingerprint density at radius 3 is 2.88 bits per heavy atom. The summed E-state index contributed by atoms with van der Waals surface area (Å²) in [5.74, 6) is -1.59. The molecule has 5 nitrogen and oxygen atoms in total. The minimum atomic E-state index is -1.07. The molecule has 0 aliphatic heterocycles. The first kappa shape index (κ1) is 11.9. The van der Waals surface area contributed by atoms with E-state index in [-0.39, 0.29) is 12.3 Å². The number of ether oxygens (including phenoxy) is 1. The summed E-state index contributed by atoms with van der Waals surface area (Å²) in [6, 6.07) is 4.72. The van der Waals surface area contributed by atoms with E-state index in [9.17, 15) is 9.59 Å². The molecular formula is C11H11NO4. The molecule has 1 aromatic rings. The topological polar surface area (TPSA) is 76.5 Å². The summed E-state index contributed by atoms with van der Waals surface area (Å²) < 4.78 is 4.77. The number of carbonyl (C=O) groups excluding carboxylic acids is 1. The highest BCUT2D eigenvalue weighted by molar-refractivity contribution is 5.88. The van der Waals surface area contributed by atoms with Crippen LogP contribution in [0.1, 0.15) is 23.1 Å². The number of nitrogens with zero attached hydrogens (tertiary/aromatic N) is 1. The Balaban J connectivity index is 2.86. The maximum atomic E-state index is 11.3. The van der Waals surface area contributed by atoms with Crippen LogP contribution in [-0.2, 0) is 9.53 Å². The molecule has 0 spiro atoms. The zero-order valence-electron chi connectivity index (χ0n) is 8.71. The monoisotopic (exact) mass is 221 g/mol. The van der Waals surface area contributed by atoms with E-state index in [0.29, 0.717) is 5.69 Å². The van der Waals surface area contributed by atoms with Gasteiger partial charge in [-0.25, -0.2) is 14.6 Å². The standard InChI is InChI=1S/C11H11NO4/c1-2-16-11(15)9-5-3-4-8(12-9)6-7-10(13)14/h3-7H,2H2,1H3,(H,13,14). The van der Waals surface area contributed by atoms with Gasteiger partial charge in [0.05, 0.1) is 12.3 Å². The second-order valence-electron chi connectivity index (χ2n) is 2.84. The van der Waals surface area contributed by atoms with Crippen LogP contribution >= 0.6 is 0 Å². The van der Waals surface area contributed by atoms with E-state index >= 15 is 0 Å². The van der Waals surface area contributed by atoms with E-state index in [2.05, 4.69) is 4.98 Å². The van der Waals surface area contributed by atoms with Crippen LogP contribution in [0.4, 0.5) is 0 Å². The van der Waals surface area contributed by atoms with Crippen LogP contribution in [0, 0.1) is 0 Å². The SMILES string of the molecule is CCOC(=O)c1cccc(C=CC(=O)O)n1. The molecule has 0 unspecified atom stereocenters. The van der Waals surface area contributed by atoms with Gasteiger partial charge >= 0.3 is 11.9 Å². The van der Waals surface area contributed by atoms with E-state index in [1.165, 1.54) is 12.1 Å². The molecule has 0 aromatic carbocycles. The molecule has 1 N–H and O–H groups in total. The summed E-state index contributed by atoms with van der Waals surface area (Å²) in [4.78, 5) is 25.5. The first-order valence-electron chi connectivity index (χ1n) is 4.68. The number of rotatable bonds is 4. The fourth-order valence-corrected chi connectivity index (χ4v) is 1.02. The fraction of sp³-hybridized carbons (Fsp3) is 0.182. The van der Waals surface area contributed by atoms with Crippen molar-refractivity contribution in [2.24, 2.45) is 0 Å². The van der Waals surface area contributed by atoms with E-state index < -0.39 is 11.9 Å². The molecule has 0 saturated carbocycles. The molecule has 0 atom stereocenters. The normalized spacial score (nSPS) is 10.3. The van der Waals surface area contributed by atoms with E-state index in [0.717, 1.165) is 6.08 Å². The minimum absolute atomic E-state index is 0.161. The molecule has 84 valence electrons. The van der Waals surface area contributed by atoms with Crippen molar-refractivity contribution in [2.45, 2.75) is 6.92 Å². The molecule has 0 radical (unpaired) electrons. The number of carboxylic acid groups (broad SMARTS) is 1. The van der Waals surface area contributed by atoms with Gasteiger partial charge in [-0.2, -0.15) is 0 Å². The number of carbonyl (C=O) groups is 2. The zero-order chi connectivity index (χ0) is 12.0. The van der Waals surface area contributed by atoms with Crippen LogP contribution in [-0.4, -0.2) is 28.6 Å². The van der Waals surface area contributed by atoms with Gasteiger partial charge in [-0.1, -0.05) is 6.07 Å². The second kappa shape index (κ2) is 5.65. The summed E-state index contributed by atoms with van der Waals surface area (Å²) in [5.41, 5.74) is 0.558. The zero-order valence-corrected chi connectivity index (χ0v) is 8.71. The van der Waals surface area contributed by atoms with Crippen molar-refractivity contribution >= 4 is 18.0 Å². The van der Waals surface area contributed by atoms with Crippen molar-refractivity contribution in [3.05, 3.63) is 35.7 Å². The van der Waals surface area contributed by atoms with Crippen LogP contribution in [0.25, 0.3) is 6.08 Å². The molecular weight excluding hydrogens is 210 g/mol. The van der Waals surface area contributed by atoms with Crippen molar-refractivity contribution in [3.63, 3.8) is 0 Å². The average Bonchev–Trinajstić information content (AvgIpc) is 2.27. The Morgan fingerprint density at radius 2 is 2.25 bits per heavy atom. The number of esters is 1. The van der Waals surface area contributed by atoms with Crippen molar-refractivity contribution in [2.75, 3.05) is 6.61 Å². The second-order valence-corrected chi connectivity index (χ2v) is 2.84. The van der Waals surface area contributed by atoms with Crippen LogP contribution < -0.4 is 0 Å². The maximum absolute atomic E-state index is 11.3. The van der Waals surface area contributed by atoms with Gasteiger partial charge in [-0.05, 0) is 25.1 Å². The van der Waals surface area contributed by atoms with Gasteiger partial charge in [0.25, 0.3) is 0 Å². The van der Waals surface area contributed by atoms with Gasteiger partial charge in [0.1, 0.15) is 5.69 Å². The molecule has 1 heterocycles. The van der Waals surface area contributed by atoms with Gasteiger partial charge in [0, 0.05) is 6.08 Å². The quantitative estimate of drug-likeness (QED) is 0.613. The maximum Gasteiger partial charge on any atom is 0.356 e. The van der Waals surface area contributed by atoms with Crippen molar-refractivity contribution in [3.8, 4) is 0 Å². The summed E-state index contributed by atoms with van der Waals surface area (Å²) in [6.45, 7) is 1.97. The summed E-state index contributed by atoms with van der Waals surface area (Å²) >= 11 is 0. The Morgan fingerprint density at radius 1 is 1.50 bits per heavy atom. The average molecular weight is 221 g/mol. The molecule has 16 heavy (non-hydrogen) atoms. The highest BCUT2D eigenvalue weighted by Crippen LogP contribution is 2.03. The molecule has 0 bridgehead atoms. The molecule has 0 aliphatic carbocycles. The third-order valence-corrected chi connectivity index (χ3v) is 1.65. The van der Waals surface area contributed by atoms with Gasteiger partial charge in [0.2, 0.25) is 0 Å². The first-order valence-corrected chi connectivity index (χ1v) is 4.68. The molecule has 1 rings (SSSR count). The van der Waals surface area contributed by atoms with Gasteiger partial charge in [0.15, 0.2) is 0 Å². The Labute approximate surface area is 92.4 Å². The number of hydrogen-bond acceptors (Lipinski definition) is 4. The number of aromatic nitrogens is 1. The number of aliphatic carboxylic acids is 1. The van der Waals surface area contributed by atoms with E-state index in [4.69, 9.17) is 9.84 Å². The molecule has 0 saturated heterocycles. The molecule has 1 aromatic heterocycles.